The number of urea groups is 1. The Labute approximate surface area is 154 Å². The summed E-state index contributed by atoms with van der Waals surface area (Å²) < 4.78 is 28.7. The van der Waals surface area contributed by atoms with Gasteiger partial charge in [0, 0.05) is 25.8 Å². The van der Waals surface area contributed by atoms with E-state index in [9.17, 15) is 23.2 Å². The van der Waals surface area contributed by atoms with Crippen LogP contribution < -0.4 is 15.0 Å². The summed E-state index contributed by atoms with van der Waals surface area (Å²) in [4.78, 5) is 38.0. The van der Waals surface area contributed by atoms with Gasteiger partial charge in [-0.1, -0.05) is 0 Å². The number of piperidine rings is 1. The predicted molar refractivity (Wildman–Crippen MR) is 91.9 cm³/mol. The first-order chi connectivity index (χ1) is 12.8. The van der Waals surface area contributed by atoms with E-state index in [0.717, 1.165) is 0 Å². The van der Waals surface area contributed by atoms with Gasteiger partial charge in [-0.2, -0.15) is 8.78 Å². The van der Waals surface area contributed by atoms with Crippen LogP contribution in [0.3, 0.4) is 0 Å². The minimum atomic E-state index is -2.93. The minimum absolute atomic E-state index is 0.0110. The molecule has 10 heteroatoms. The molecular weight excluding hydrogens is 364 g/mol. The number of carbonyl (C=O) groups is 3. The number of ether oxygens (including phenoxy) is 1. The minimum Gasteiger partial charge on any atom is -0.481 e. The van der Waals surface area contributed by atoms with Crippen LogP contribution in [0, 0.1) is 0 Å². The second kappa shape index (κ2) is 9.15. The van der Waals surface area contributed by atoms with Crippen molar-refractivity contribution in [1.29, 1.82) is 0 Å². The van der Waals surface area contributed by atoms with E-state index in [1.807, 2.05) is 0 Å². The first kappa shape index (κ1) is 20.4. The number of halogens is 2. The molecule has 8 nitrogen and oxygen atoms in total. The van der Waals surface area contributed by atoms with Crippen LogP contribution in [0.15, 0.2) is 24.3 Å². The molecule has 1 aromatic rings. The number of benzene rings is 1. The molecule has 1 aromatic carbocycles. The van der Waals surface area contributed by atoms with E-state index in [2.05, 4.69) is 10.1 Å². The zero-order chi connectivity index (χ0) is 20.0. The molecule has 2 N–H and O–H groups in total. The molecule has 0 aromatic heterocycles. The number of rotatable bonds is 7. The average molecular weight is 385 g/mol. The number of carboxylic acid groups (broad SMARTS) is 1. The topological polar surface area (TPSA) is 99.2 Å². The molecule has 0 bridgehead atoms. The fourth-order valence-corrected chi connectivity index (χ4v) is 2.70. The maximum atomic E-state index is 12.7. The lowest BCUT2D eigenvalue weighted by atomic mass is 10.0. The Morgan fingerprint density at radius 1 is 1.37 bits per heavy atom. The molecule has 1 fully saturated rings. The summed E-state index contributed by atoms with van der Waals surface area (Å²) in [6.45, 7) is -2.46. The maximum absolute atomic E-state index is 12.7. The molecule has 1 unspecified atom stereocenters. The van der Waals surface area contributed by atoms with Crippen molar-refractivity contribution in [2.24, 2.45) is 0 Å². The number of nitrogens with one attached hydrogen (secondary N) is 1. The molecule has 148 valence electrons. The quantitative estimate of drug-likeness (QED) is 0.747. The van der Waals surface area contributed by atoms with E-state index in [4.69, 9.17) is 5.11 Å². The van der Waals surface area contributed by atoms with Crippen LogP contribution in [-0.2, 0) is 9.59 Å². The lowest BCUT2D eigenvalue weighted by Crippen LogP contribution is -2.54. The molecule has 1 aliphatic rings. The SMILES string of the molecule is CN(CCC(=O)O)C(=O)NC1CCCN(c2ccc(OC(F)F)cc2)C1=O. The van der Waals surface area contributed by atoms with Gasteiger partial charge in [-0.3, -0.25) is 9.59 Å². The van der Waals surface area contributed by atoms with Crippen LogP contribution >= 0.6 is 0 Å². The van der Waals surface area contributed by atoms with E-state index < -0.39 is 24.7 Å². The number of nitrogens with zero attached hydrogens (tertiary/aromatic N) is 2. The van der Waals surface area contributed by atoms with Gasteiger partial charge in [-0.05, 0) is 37.1 Å². The second-order valence-corrected chi connectivity index (χ2v) is 6.07. The van der Waals surface area contributed by atoms with Crippen LogP contribution in [0.5, 0.6) is 5.75 Å². The summed E-state index contributed by atoms with van der Waals surface area (Å²) in [7, 11) is 1.45. The van der Waals surface area contributed by atoms with Gasteiger partial charge >= 0.3 is 18.6 Å². The number of carbonyl (C=O) groups excluding carboxylic acids is 2. The van der Waals surface area contributed by atoms with Crippen molar-refractivity contribution in [3.05, 3.63) is 24.3 Å². The van der Waals surface area contributed by atoms with E-state index in [0.29, 0.717) is 25.1 Å². The first-order valence-corrected chi connectivity index (χ1v) is 8.37. The Bertz CT molecular complexity index is 684. The Hall–Kier alpha value is -2.91. The number of hydrogen-bond donors (Lipinski definition) is 2. The van der Waals surface area contributed by atoms with Gasteiger partial charge in [0.2, 0.25) is 5.91 Å². The second-order valence-electron chi connectivity index (χ2n) is 6.07. The lowest BCUT2D eigenvalue weighted by molar-refractivity contribution is -0.137. The van der Waals surface area contributed by atoms with Gasteiger partial charge in [0.25, 0.3) is 0 Å². The molecule has 0 radical (unpaired) electrons. The largest absolute Gasteiger partial charge is 0.481 e. The van der Waals surface area contributed by atoms with Crippen LogP contribution in [0.4, 0.5) is 19.3 Å². The fourth-order valence-electron chi connectivity index (χ4n) is 2.70. The molecule has 0 aliphatic carbocycles. The van der Waals surface area contributed by atoms with Gasteiger partial charge in [0.15, 0.2) is 0 Å². The van der Waals surface area contributed by atoms with Crippen LogP contribution in [-0.4, -0.2) is 60.7 Å². The summed E-state index contributed by atoms with van der Waals surface area (Å²) >= 11 is 0. The van der Waals surface area contributed by atoms with Gasteiger partial charge in [-0.15, -0.1) is 0 Å². The van der Waals surface area contributed by atoms with Gasteiger partial charge in [0.1, 0.15) is 11.8 Å². The molecule has 1 heterocycles. The van der Waals surface area contributed by atoms with Crippen molar-refractivity contribution in [3.63, 3.8) is 0 Å². The maximum Gasteiger partial charge on any atom is 0.387 e. The van der Waals surface area contributed by atoms with Gasteiger partial charge in [-0.25, -0.2) is 4.79 Å². The third-order valence-corrected chi connectivity index (χ3v) is 4.12. The van der Waals surface area contributed by atoms with Crippen LogP contribution in [0.2, 0.25) is 0 Å². The third-order valence-electron chi connectivity index (χ3n) is 4.12. The van der Waals surface area contributed by atoms with Crippen molar-refractivity contribution in [3.8, 4) is 5.75 Å². The third kappa shape index (κ3) is 5.80. The van der Waals surface area contributed by atoms with Gasteiger partial charge in [0.05, 0.1) is 6.42 Å². The molecular formula is C17H21F2N3O5. The average Bonchev–Trinajstić information content (AvgIpc) is 2.61. The Morgan fingerprint density at radius 2 is 2.04 bits per heavy atom. The van der Waals surface area contributed by atoms with Crippen molar-refractivity contribution in [2.45, 2.75) is 31.9 Å². The monoisotopic (exact) mass is 385 g/mol. The highest BCUT2D eigenvalue weighted by atomic mass is 19.3. The molecule has 3 amide bonds. The summed E-state index contributed by atoms with van der Waals surface area (Å²) in [6, 6.07) is 4.41. The van der Waals surface area contributed by atoms with E-state index in [-0.39, 0.29) is 24.6 Å². The van der Waals surface area contributed by atoms with Crippen molar-refractivity contribution < 1.29 is 33.0 Å². The van der Waals surface area contributed by atoms with Crippen molar-refractivity contribution in [2.75, 3.05) is 25.0 Å². The highest BCUT2D eigenvalue weighted by Crippen LogP contribution is 2.24. The number of aliphatic carboxylic acids is 1. The molecule has 2 rings (SSSR count). The Morgan fingerprint density at radius 3 is 2.63 bits per heavy atom. The smallest absolute Gasteiger partial charge is 0.387 e. The number of hydrogen-bond acceptors (Lipinski definition) is 4. The van der Waals surface area contributed by atoms with E-state index in [1.54, 1.807) is 0 Å². The summed E-state index contributed by atoms with van der Waals surface area (Å²) in [5.74, 6) is -1.35. The normalized spacial score (nSPS) is 17.0. The molecule has 0 spiro atoms. The zero-order valence-electron chi connectivity index (χ0n) is 14.7. The molecule has 1 aliphatic heterocycles. The fraction of sp³-hybridized carbons (Fsp3) is 0.471. The number of anilines is 1. The zero-order valence-corrected chi connectivity index (χ0v) is 14.7. The number of amides is 3. The van der Waals surface area contributed by atoms with Crippen molar-refractivity contribution >= 4 is 23.6 Å². The standard InChI is InChI=1S/C17H21F2N3O5/c1-21(10-8-14(23)24)17(26)20-13-3-2-9-22(15(13)25)11-4-6-12(7-5-11)27-16(18)19/h4-7,13,16H,2-3,8-10H2,1H3,(H,20,26)(H,23,24). The number of carboxylic acids is 1. The van der Waals surface area contributed by atoms with E-state index in [1.165, 1.54) is 41.1 Å². The summed E-state index contributed by atoms with van der Waals surface area (Å²) in [5.41, 5.74) is 0.514. The molecule has 1 atom stereocenters. The van der Waals surface area contributed by atoms with Crippen LogP contribution in [0.1, 0.15) is 19.3 Å². The van der Waals surface area contributed by atoms with Crippen LogP contribution in [0.25, 0.3) is 0 Å². The Kier molecular flexibility index (Phi) is 6.91. The van der Waals surface area contributed by atoms with Crippen molar-refractivity contribution in [1.82, 2.24) is 10.2 Å². The first-order valence-electron chi connectivity index (χ1n) is 8.37. The Balaban J connectivity index is 1.98. The van der Waals surface area contributed by atoms with Gasteiger partial charge < -0.3 is 25.0 Å². The predicted octanol–water partition coefficient (Wildman–Crippen LogP) is 1.90. The molecule has 1 saturated heterocycles. The summed E-state index contributed by atoms with van der Waals surface area (Å²) in [5, 5.41) is 11.3. The molecule has 27 heavy (non-hydrogen) atoms. The number of alkyl halides is 2. The molecule has 0 saturated carbocycles. The van der Waals surface area contributed by atoms with E-state index >= 15 is 0 Å². The highest BCUT2D eigenvalue weighted by molar-refractivity contribution is 5.99. The summed E-state index contributed by atoms with van der Waals surface area (Å²) in [6.07, 6.45) is 0.910. The lowest BCUT2D eigenvalue weighted by Gasteiger charge is -2.33. The highest BCUT2D eigenvalue weighted by Gasteiger charge is 2.31.